The van der Waals surface area contributed by atoms with E-state index in [1.165, 1.54) is 17.4 Å². The number of imide groups is 1. The van der Waals surface area contributed by atoms with Gasteiger partial charge in [-0.05, 0) is 85.8 Å². The molecule has 14 nitrogen and oxygen atoms in total. The molecule has 64 heavy (non-hydrogen) atoms. The second kappa shape index (κ2) is 18.6. The summed E-state index contributed by atoms with van der Waals surface area (Å²) in [5.41, 5.74) is 4.44. The Morgan fingerprint density at radius 1 is 0.875 bits per heavy atom. The number of rotatable bonds is 12. The molecule has 3 aliphatic rings. The third-order valence-electron chi connectivity index (χ3n) is 12.0. The number of piperidine rings is 2. The maximum absolute atomic E-state index is 16.1. The van der Waals surface area contributed by atoms with Crippen LogP contribution in [0.1, 0.15) is 76.3 Å². The molecule has 3 aromatic carbocycles. The lowest BCUT2D eigenvalue weighted by molar-refractivity contribution is -0.136. The van der Waals surface area contributed by atoms with Crippen LogP contribution in [0.15, 0.2) is 79.0 Å². The zero-order valence-corrected chi connectivity index (χ0v) is 38.2. The fourth-order valence-corrected chi connectivity index (χ4v) is 10.7. The maximum Gasteiger partial charge on any atom is 0.234 e. The van der Waals surface area contributed by atoms with Gasteiger partial charge in [-0.25, -0.2) is 27.8 Å². The fraction of sp³-hybridized carbons (Fsp3) is 0.404. The fourth-order valence-electron chi connectivity index (χ4n) is 8.47. The zero-order chi connectivity index (χ0) is 45.2. The molecule has 336 valence electrons. The number of halogens is 1. The summed E-state index contributed by atoms with van der Waals surface area (Å²) in [6.45, 7) is 12.2. The van der Waals surface area contributed by atoms with Crippen molar-refractivity contribution in [2.75, 3.05) is 64.9 Å². The van der Waals surface area contributed by atoms with E-state index in [1.807, 2.05) is 74.2 Å². The minimum Gasteiger partial charge on any atom is -0.371 e. The van der Waals surface area contributed by atoms with Gasteiger partial charge in [0.15, 0.2) is 5.82 Å². The predicted molar refractivity (Wildman–Crippen MR) is 250 cm³/mol. The third-order valence-corrected chi connectivity index (χ3v) is 15.0. The van der Waals surface area contributed by atoms with E-state index in [0.717, 1.165) is 66.7 Å². The number of thiazole rings is 1. The summed E-state index contributed by atoms with van der Waals surface area (Å²) >= 11 is 1.41. The smallest absolute Gasteiger partial charge is 0.234 e. The Morgan fingerprint density at radius 3 is 2.20 bits per heavy atom. The molecule has 17 heteroatoms. The van der Waals surface area contributed by atoms with Crippen LogP contribution in [0.3, 0.4) is 0 Å². The Morgan fingerprint density at radius 2 is 1.55 bits per heavy atom. The molecule has 0 radical (unpaired) electrons. The molecule has 8 rings (SSSR count). The van der Waals surface area contributed by atoms with Crippen LogP contribution >= 0.6 is 11.3 Å². The first-order valence-corrected chi connectivity index (χ1v) is 24.4. The Labute approximate surface area is 377 Å². The van der Waals surface area contributed by atoms with Gasteiger partial charge in [0, 0.05) is 85.8 Å². The number of benzene rings is 3. The summed E-state index contributed by atoms with van der Waals surface area (Å²) in [5.74, 6) is -1.01. The monoisotopic (exact) mass is 907 g/mol. The molecule has 2 aromatic heterocycles. The molecule has 3 saturated heterocycles. The lowest BCUT2D eigenvalue weighted by atomic mass is 9.90. The largest absolute Gasteiger partial charge is 0.371 e. The highest BCUT2D eigenvalue weighted by molar-refractivity contribution is 7.92. The molecule has 0 spiro atoms. The van der Waals surface area contributed by atoms with Gasteiger partial charge in [-0.2, -0.15) is 0 Å². The van der Waals surface area contributed by atoms with Gasteiger partial charge in [0.05, 0.1) is 38.6 Å². The number of hydrogen-bond acceptors (Lipinski definition) is 12. The average molecular weight is 908 g/mol. The first kappa shape index (κ1) is 44.7. The highest BCUT2D eigenvalue weighted by atomic mass is 32.2. The lowest BCUT2D eigenvalue weighted by Gasteiger charge is -2.39. The Bertz CT molecular complexity index is 2620. The summed E-state index contributed by atoms with van der Waals surface area (Å²) < 4.78 is 43.5. The standard InChI is InChI=1S/C47H54FN9O5S2/c1-5-29-64(61,62)54-37-8-6-7-36(40(37)48)41-42(63-45(53-41)47(2,3)4)38-19-22-49-46(51-38)50-32-11-15-34(16-12-32)56-25-27-57(28-26-56)44(60)31-20-23-55(24-21-31)33-13-9-30(10-14-33)35-17-18-39(58)52-43(35)59/h6-16,19,22,31,35,54H,5,17-18,20-21,23-29H2,1-4H3,(H,49,50,51)(H,52,58,59)/t35-/m0/s1. The summed E-state index contributed by atoms with van der Waals surface area (Å²) in [6, 6.07) is 22.4. The number of hydrogen-bond donors (Lipinski definition) is 3. The highest BCUT2D eigenvalue weighted by Crippen LogP contribution is 2.42. The lowest BCUT2D eigenvalue weighted by Crippen LogP contribution is -2.51. The molecule has 5 aromatic rings. The van der Waals surface area contributed by atoms with Crippen molar-refractivity contribution in [3.63, 3.8) is 0 Å². The van der Waals surface area contributed by atoms with Crippen LogP contribution in [0.4, 0.5) is 33.1 Å². The van der Waals surface area contributed by atoms with E-state index < -0.39 is 15.8 Å². The topological polar surface area (TPSA) is 170 Å². The minimum atomic E-state index is -3.72. The quantitative estimate of drug-likeness (QED) is 0.105. The molecule has 5 heterocycles. The molecule has 3 aliphatic heterocycles. The van der Waals surface area contributed by atoms with E-state index in [1.54, 1.807) is 31.3 Å². The van der Waals surface area contributed by atoms with Crippen LogP contribution in [0.5, 0.6) is 0 Å². The normalized spacial score (nSPS) is 17.6. The number of carbonyl (C=O) groups is 3. The van der Waals surface area contributed by atoms with Crippen molar-refractivity contribution in [1.29, 1.82) is 0 Å². The van der Waals surface area contributed by atoms with Crippen LogP contribution in [0.2, 0.25) is 0 Å². The second-order valence-corrected chi connectivity index (χ2v) is 20.5. The SMILES string of the molecule is CCCS(=O)(=O)Nc1cccc(-c2nc(C(C)(C)C)sc2-c2ccnc(Nc3ccc(N4CCN(C(=O)C5CCN(c6ccc([C@@H]7CCC(=O)NC7=O)cc6)CC5)CC4)cc3)n2)c1F. The molecular formula is C47H54FN9O5S2. The van der Waals surface area contributed by atoms with Gasteiger partial charge in [-0.1, -0.05) is 45.9 Å². The number of nitrogens with one attached hydrogen (secondary N) is 3. The molecule has 3 N–H and O–H groups in total. The van der Waals surface area contributed by atoms with Gasteiger partial charge < -0.3 is 20.0 Å². The summed E-state index contributed by atoms with van der Waals surface area (Å²) in [6.07, 6.45) is 4.50. The minimum absolute atomic E-state index is 0.00838. The first-order chi connectivity index (χ1) is 30.7. The molecule has 0 bridgehead atoms. The van der Waals surface area contributed by atoms with Gasteiger partial charge in [-0.15, -0.1) is 11.3 Å². The van der Waals surface area contributed by atoms with Gasteiger partial charge in [-0.3, -0.25) is 24.4 Å². The number of nitrogens with zero attached hydrogens (tertiary/aromatic N) is 6. The molecule has 0 unspecified atom stereocenters. The van der Waals surface area contributed by atoms with E-state index in [9.17, 15) is 22.8 Å². The number of sulfonamides is 1. The molecular weight excluding hydrogens is 854 g/mol. The van der Waals surface area contributed by atoms with Crippen molar-refractivity contribution < 1.29 is 27.2 Å². The maximum atomic E-state index is 16.1. The predicted octanol–water partition coefficient (Wildman–Crippen LogP) is 7.68. The van der Waals surface area contributed by atoms with E-state index in [-0.39, 0.29) is 52.0 Å². The number of aromatic nitrogens is 3. The van der Waals surface area contributed by atoms with Crippen molar-refractivity contribution in [2.24, 2.45) is 5.92 Å². The van der Waals surface area contributed by atoms with Crippen molar-refractivity contribution in [3.8, 4) is 21.8 Å². The van der Waals surface area contributed by atoms with Gasteiger partial charge in [0.25, 0.3) is 0 Å². The molecule has 3 fully saturated rings. The van der Waals surface area contributed by atoms with Crippen LogP contribution in [-0.2, 0) is 29.8 Å². The third kappa shape index (κ3) is 10.0. The summed E-state index contributed by atoms with van der Waals surface area (Å²) in [4.78, 5) is 58.9. The van der Waals surface area contributed by atoms with Gasteiger partial charge in [0.2, 0.25) is 33.7 Å². The summed E-state index contributed by atoms with van der Waals surface area (Å²) in [7, 11) is -3.72. The van der Waals surface area contributed by atoms with Crippen molar-refractivity contribution in [3.05, 3.63) is 95.4 Å². The van der Waals surface area contributed by atoms with Gasteiger partial charge in [0.1, 0.15) is 0 Å². The van der Waals surface area contributed by atoms with E-state index in [0.29, 0.717) is 54.6 Å². The number of carbonyl (C=O) groups excluding carboxylic acids is 3. The molecule has 0 aliphatic carbocycles. The van der Waals surface area contributed by atoms with Crippen molar-refractivity contribution in [1.82, 2.24) is 25.2 Å². The molecule has 1 atom stereocenters. The number of piperazine rings is 1. The van der Waals surface area contributed by atoms with Crippen LogP contribution < -0.4 is 25.2 Å². The van der Waals surface area contributed by atoms with E-state index >= 15 is 4.39 Å². The number of amides is 3. The second-order valence-electron chi connectivity index (χ2n) is 17.6. The Balaban J connectivity index is 0.865. The van der Waals surface area contributed by atoms with Crippen molar-refractivity contribution >= 4 is 67.8 Å². The van der Waals surface area contributed by atoms with Crippen molar-refractivity contribution in [2.45, 2.75) is 71.1 Å². The highest BCUT2D eigenvalue weighted by Gasteiger charge is 2.32. The van der Waals surface area contributed by atoms with E-state index in [4.69, 9.17) is 9.97 Å². The number of anilines is 5. The van der Waals surface area contributed by atoms with Crippen LogP contribution in [-0.4, -0.2) is 91.0 Å². The van der Waals surface area contributed by atoms with Crippen LogP contribution in [0, 0.1) is 11.7 Å². The van der Waals surface area contributed by atoms with Gasteiger partial charge >= 0.3 is 0 Å². The summed E-state index contributed by atoms with van der Waals surface area (Å²) in [5, 5.41) is 6.51. The average Bonchev–Trinajstić information content (AvgIpc) is 3.74. The molecule has 3 amide bonds. The van der Waals surface area contributed by atoms with E-state index in [2.05, 4.69) is 30.1 Å². The first-order valence-electron chi connectivity index (χ1n) is 21.9. The Hall–Kier alpha value is -5.94. The zero-order valence-electron chi connectivity index (χ0n) is 36.6. The molecule has 0 saturated carbocycles. The van der Waals surface area contributed by atoms with Crippen LogP contribution in [0.25, 0.3) is 21.8 Å². The Kier molecular flexibility index (Phi) is 13.0.